The van der Waals surface area contributed by atoms with E-state index in [2.05, 4.69) is 11.1 Å². The Kier molecular flexibility index (Phi) is 4.62. The van der Waals surface area contributed by atoms with Crippen LogP contribution in [0.25, 0.3) is 31.9 Å². The van der Waals surface area contributed by atoms with Crippen LogP contribution in [0.4, 0.5) is 0 Å². The topological polar surface area (TPSA) is 52.8 Å². The number of halogens is 1. The quantitative estimate of drug-likeness (QED) is 0.395. The third-order valence-electron chi connectivity index (χ3n) is 4.99. The molecule has 0 N–H and O–H groups in total. The van der Waals surface area contributed by atoms with Crippen LogP contribution in [-0.2, 0) is 4.74 Å². The number of aromatic nitrogens is 4. The highest BCUT2D eigenvalue weighted by Gasteiger charge is 2.24. The first kappa shape index (κ1) is 17.8. The van der Waals surface area contributed by atoms with Gasteiger partial charge in [-0.1, -0.05) is 17.7 Å². The van der Waals surface area contributed by atoms with E-state index in [4.69, 9.17) is 26.4 Å². The predicted molar refractivity (Wildman–Crippen MR) is 113 cm³/mol. The highest BCUT2D eigenvalue weighted by Crippen LogP contribution is 2.40. The Bertz CT molecular complexity index is 1150. The van der Waals surface area contributed by atoms with E-state index in [1.54, 1.807) is 11.3 Å². The normalized spacial score (nSPS) is 17.3. The monoisotopic (exact) mass is 410 g/mol. The largest absolute Gasteiger partial charge is 0.356 e. The van der Waals surface area contributed by atoms with E-state index >= 15 is 0 Å². The Labute approximate surface area is 172 Å². The van der Waals surface area contributed by atoms with Crippen molar-refractivity contribution in [2.45, 2.75) is 32.4 Å². The molecule has 0 amide bonds. The van der Waals surface area contributed by atoms with Gasteiger partial charge >= 0.3 is 0 Å². The van der Waals surface area contributed by atoms with Crippen molar-refractivity contribution in [2.75, 3.05) is 6.61 Å². The maximum absolute atomic E-state index is 6.08. The second kappa shape index (κ2) is 7.28. The summed E-state index contributed by atoms with van der Waals surface area (Å²) in [6.07, 6.45) is 6.91. The highest BCUT2D eigenvalue weighted by molar-refractivity contribution is 7.22. The summed E-state index contributed by atoms with van der Waals surface area (Å²) in [6.45, 7) is 2.78. The minimum atomic E-state index is -0.0506. The van der Waals surface area contributed by atoms with E-state index < -0.39 is 0 Å². The molecular formula is C21H19ClN4OS. The van der Waals surface area contributed by atoms with E-state index in [9.17, 15) is 0 Å². The summed E-state index contributed by atoms with van der Waals surface area (Å²) in [5.74, 6) is 0. The number of thiophene rings is 1. The van der Waals surface area contributed by atoms with E-state index in [-0.39, 0.29) is 6.23 Å². The summed E-state index contributed by atoms with van der Waals surface area (Å²) >= 11 is 7.77. The van der Waals surface area contributed by atoms with Crippen molar-refractivity contribution < 1.29 is 4.74 Å². The molecular weight excluding hydrogens is 392 g/mol. The Balaban J connectivity index is 1.69. The maximum Gasteiger partial charge on any atom is 0.150 e. The molecule has 4 aromatic heterocycles. The van der Waals surface area contributed by atoms with E-state index in [1.165, 1.54) is 0 Å². The lowest BCUT2D eigenvalue weighted by atomic mass is 10.1. The van der Waals surface area contributed by atoms with E-state index in [1.807, 2.05) is 48.3 Å². The number of fused-ring (bicyclic) bond motifs is 1. The molecule has 0 saturated carbocycles. The second-order valence-electron chi connectivity index (χ2n) is 6.99. The van der Waals surface area contributed by atoms with Gasteiger partial charge in [-0.05, 0) is 50.5 Å². The first-order valence-electron chi connectivity index (χ1n) is 9.37. The zero-order valence-electron chi connectivity index (χ0n) is 15.4. The van der Waals surface area contributed by atoms with E-state index in [0.717, 1.165) is 63.5 Å². The smallest absolute Gasteiger partial charge is 0.150 e. The summed E-state index contributed by atoms with van der Waals surface area (Å²) in [6, 6.07) is 10.1. The standard InChI is InChI=1S/C21H19ClN4OS/c1-13-5-4-6-16(25-13)21-15(12-24-26(21)20-7-2-3-8-27-20)18-9-14-11-23-19(22)10-17(14)28-18/h4-6,9-12,20H,2-3,7-8H2,1H3. The second-order valence-corrected chi connectivity index (χ2v) is 8.46. The number of aryl methyl sites for hydroxylation is 1. The third kappa shape index (κ3) is 3.21. The number of nitrogens with zero attached hydrogens (tertiary/aromatic N) is 4. The molecule has 1 fully saturated rings. The Morgan fingerprint density at radius 3 is 2.96 bits per heavy atom. The van der Waals surface area contributed by atoms with Gasteiger partial charge in [0.25, 0.3) is 0 Å². The first-order valence-corrected chi connectivity index (χ1v) is 10.6. The van der Waals surface area contributed by atoms with Gasteiger partial charge in [0, 0.05) is 39.0 Å². The van der Waals surface area contributed by atoms with Crippen molar-refractivity contribution in [3.8, 4) is 21.8 Å². The van der Waals surface area contributed by atoms with Gasteiger partial charge in [0.2, 0.25) is 0 Å². The molecule has 7 heteroatoms. The van der Waals surface area contributed by atoms with Crippen LogP contribution in [0, 0.1) is 6.92 Å². The third-order valence-corrected chi connectivity index (χ3v) is 6.33. The number of hydrogen-bond acceptors (Lipinski definition) is 5. The van der Waals surface area contributed by atoms with Crippen molar-refractivity contribution in [1.82, 2.24) is 19.7 Å². The van der Waals surface area contributed by atoms with Gasteiger partial charge in [-0.2, -0.15) is 5.10 Å². The lowest BCUT2D eigenvalue weighted by molar-refractivity contribution is -0.0383. The average Bonchev–Trinajstić information content (AvgIpc) is 3.32. The van der Waals surface area contributed by atoms with Gasteiger partial charge in [0.15, 0.2) is 6.23 Å². The van der Waals surface area contributed by atoms with Gasteiger partial charge in [-0.25, -0.2) is 9.67 Å². The Morgan fingerprint density at radius 1 is 1.21 bits per heavy atom. The minimum absolute atomic E-state index is 0.0506. The van der Waals surface area contributed by atoms with Gasteiger partial charge < -0.3 is 4.74 Å². The number of pyridine rings is 2. The zero-order chi connectivity index (χ0) is 19.1. The van der Waals surface area contributed by atoms with Crippen LogP contribution < -0.4 is 0 Å². The molecule has 1 unspecified atom stereocenters. The van der Waals surface area contributed by atoms with Crippen LogP contribution in [0.15, 0.2) is 42.7 Å². The van der Waals surface area contributed by atoms with Crippen LogP contribution in [0.3, 0.4) is 0 Å². The molecule has 5 heterocycles. The molecule has 1 atom stereocenters. The van der Waals surface area contributed by atoms with E-state index in [0.29, 0.717) is 5.15 Å². The number of hydrogen-bond donors (Lipinski definition) is 0. The first-order chi connectivity index (χ1) is 13.7. The van der Waals surface area contributed by atoms with Gasteiger partial charge in [0.05, 0.1) is 17.6 Å². The number of ether oxygens (including phenoxy) is 1. The molecule has 28 heavy (non-hydrogen) atoms. The Hall–Kier alpha value is -2.28. The van der Waals surface area contributed by atoms with Crippen molar-refractivity contribution in [2.24, 2.45) is 0 Å². The molecule has 4 aromatic rings. The van der Waals surface area contributed by atoms with Crippen LogP contribution >= 0.6 is 22.9 Å². The Morgan fingerprint density at radius 2 is 2.14 bits per heavy atom. The molecule has 1 aliphatic rings. The number of rotatable bonds is 3. The fourth-order valence-electron chi connectivity index (χ4n) is 3.65. The van der Waals surface area contributed by atoms with Gasteiger partial charge in [0.1, 0.15) is 5.15 Å². The van der Waals surface area contributed by atoms with Crippen molar-refractivity contribution in [3.63, 3.8) is 0 Å². The molecule has 5 nitrogen and oxygen atoms in total. The highest BCUT2D eigenvalue weighted by atomic mass is 35.5. The van der Waals surface area contributed by atoms with Crippen molar-refractivity contribution >= 4 is 33.0 Å². The summed E-state index contributed by atoms with van der Waals surface area (Å²) in [4.78, 5) is 10.1. The molecule has 0 aromatic carbocycles. The molecule has 0 aliphatic carbocycles. The lowest BCUT2D eigenvalue weighted by Gasteiger charge is -2.24. The molecule has 142 valence electrons. The molecule has 0 bridgehead atoms. The van der Waals surface area contributed by atoms with Crippen LogP contribution in [0.5, 0.6) is 0 Å². The van der Waals surface area contributed by atoms with Crippen molar-refractivity contribution in [1.29, 1.82) is 0 Å². The SMILES string of the molecule is Cc1cccc(-c2c(-c3cc4cnc(Cl)cc4s3)cnn2C2CCCCO2)n1. The summed E-state index contributed by atoms with van der Waals surface area (Å²) in [5, 5.41) is 6.31. The van der Waals surface area contributed by atoms with Crippen LogP contribution in [-0.4, -0.2) is 26.4 Å². The summed E-state index contributed by atoms with van der Waals surface area (Å²) in [7, 11) is 0. The zero-order valence-corrected chi connectivity index (χ0v) is 17.0. The van der Waals surface area contributed by atoms with Crippen LogP contribution in [0.2, 0.25) is 5.15 Å². The van der Waals surface area contributed by atoms with Gasteiger partial charge in [-0.3, -0.25) is 4.98 Å². The van der Waals surface area contributed by atoms with Crippen LogP contribution in [0.1, 0.15) is 31.2 Å². The van der Waals surface area contributed by atoms with Crippen molar-refractivity contribution in [3.05, 3.63) is 53.6 Å². The molecule has 5 rings (SSSR count). The molecule has 0 spiro atoms. The minimum Gasteiger partial charge on any atom is -0.356 e. The lowest BCUT2D eigenvalue weighted by Crippen LogP contribution is -2.20. The molecule has 1 aliphatic heterocycles. The molecule has 1 saturated heterocycles. The fraction of sp³-hybridized carbons (Fsp3) is 0.286. The molecule has 0 radical (unpaired) electrons. The maximum atomic E-state index is 6.08. The predicted octanol–water partition coefficient (Wildman–Crippen LogP) is 5.88. The average molecular weight is 411 g/mol. The summed E-state index contributed by atoms with van der Waals surface area (Å²) < 4.78 is 9.15. The van der Waals surface area contributed by atoms with Gasteiger partial charge in [-0.15, -0.1) is 11.3 Å². The summed E-state index contributed by atoms with van der Waals surface area (Å²) in [5.41, 5.74) is 3.95. The fourth-order valence-corrected chi connectivity index (χ4v) is 4.95.